The molecule has 0 bridgehead atoms. The molecule has 60 heavy (non-hydrogen) atoms. The Labute approximate surface area is 352 Å². The van der Waals surface area contributed by atoms with Crippen molar-refractivity contribution in [2.24, 2.45) is 29.6 Å². The molecular formula is C58H46N2. The molecule has 9 aromatic rings. The average Bonchev–Trinajstić information content (AvgIpc) is 3.83. The van der Waals surface area contributed by atoms with E-state index in [0.717, 1.165) is 41.0 Å². The van der Waals surface area contributed by atoms with Crippen molar-refractivity contribution in [1.29, 1.82) is 0 Å². The third-order valence-corrected chi connectivity index (χ3v) is 15.4. The molecule has 0 spiro atoms. The Kier molecular flexibility index (Phi) is 7.52. The molecule has 2 heteroatoms. The van der Waals surface area contributed by atoms with Gasteiger partial charge in [0.2, 0.25) is 0 Å². The SMILES string of the molecule is c1ccc(-c2ccc(-c3ccc(N(c4ccc(-c5ccccc5-n5c6ccccc6c6ccccc65)cc4)c4ccc(C56C[C@@H]7CC8C[C@@H](C5)C6C87)cc4)cc3)cc2)cc1. The van der Waals surface area contributed by atoms with Gasteiger partial charge in [-0.2, -0.15) is 0 Å². The predicted octanol–water partition coefficient (Wildman–Crippen LogP) is 15.2. The number of benzene rings is 8. The summed E-state index contributed by atoms with van der Waals surface area (Å²) < 4.78 is 2.43. The molecular weight excluding hydrogens is 725 g/mol. The molecule has 0 aliphatic heterocycles. The first-order chi connectivity index (χ1) is 29.7. The van der Waals surface area contributed by atoms with Crippen molar-refractivity contribution < 1.29 is 0 Å². The average molecular weight is 771 g/mol. The third-order valence-electron chi connectivity index (χ3n) is 15.4. The van der Waals surface area contributed by atoms with Crippen LogP contribution in [0.2, 0.25) is 0 Å². The minimum atomic E-state index is 0.428. The summed E-state index contributed by atoms with van der Waals surface area (Å²) in [6.45, 7) is 0. The normalized spacial score (nSPS) is 23.3. The van der Waals surface area contributed by atoms with E-state index in [1.807, 2.05) is 0 Å². The van der Waals surface area contributed by atoms with Crippen LogP contribution in [0.1, 0.15) is 31.2 Å². The number of hydrogen-bond acceptors (Lipinski definition) is 1. The Morgan fingerprint density at radius 3 is 1.50 bits per heavy atom. The number of hydrogen-bond donors (Lipinski definition) is 0. The fourth-order valence-corrected chi connectivity index (χ4v) is 13.0. The molecule has 1 aromatic heterocycles. The zero-order valence-corrected chi connectivity index (χ0v) is 33.7. The lowest BCUT2D eigenvalue weighted by molar-refractivity contribution is 0.0684. The lowest BCUT2D eigenvalue weighted by atomic mass is 9.53. The first kappa shape index (κ1) is 34.2. The number of nitrogens with zero attached hydrogens (tertiary/aromatic N) is 2. The van der Waals surface area contributed by atoms with Crippen molar-refractivity contribution in [2.75, 3.05) is 4.90 Å². The minimum absolute atomic E-state index is 0.428. The van der Waals surface area contributed by atoms with Crippen LogP contribution < -0.4 is 4.90 Å². The smallest absolute Gasteiger partial charge is 0.0541 e. The molecule has 2 nitrogen and oxygen atoms in total. The predicted molar refractivity (Wildman–Crippen MR) is 249 cm³/mol. The lowest BCUT2D eigenvalue weighted by Crippen LogP contribution is -2.47. The first-order valence-electron chi connectivity index (χ1n) is 22.0. The van der Waals surface area contributed by atoms with Gasteiger partial charge in [-0.15, -0.1) is 0 Å². The van der Waals surface area contributed by atoms with Gasteiger partial charge >= 0.3 is 0 Å². The fourth-order valence-electron chi connectivity index (χ4n) is 13.0. The van der Waals surface area contributed by atoms with Crippen LogP contribution in [-0.4, -0.2) is 4.57 Å². The van der Waals surface area contributed by atoms with E-state index in [1.165, 1.54) is 92.2 Å². The molecule has 288 valence electrons. The van der Waals surface area contributed by atoms with Crippen molar-refractivity contribution in [3.63, 3.8) is 0 Å². The van der Waals surface area contributed by atoms with Gasteiger partial charge in [-0.25, -0.2) is 0 Å². The van der Waals surface area contributed by atoms with E-state index in [4.69, 9.17) is 0 Å². The van der Waals surface area contributed by atoms with E-state index in [9.17, 15) is 0 Å². The molecule has 6 atom stereocenters. The second-order valence-corrected chi connectivity index (χ2v) is 18.2. The topological polar surface area (TPSA) is 8.17 Å². The van der Waals surface area contributed by atoms with Crippen LogP contribution in [0.4, 0.5) is 17.1 Å². The largest absolute Gasteiger partial charge is 0.311 e. The lowest BCUT2D eigenvalue weighted by Gasteiger charge is -2.51. The van der Waals surface area contributed by atoms with Crippen LogP contribution in [-0.2, 0) is 5.41 Å². The molecule has 4 saturated carbocycles. The highest BCUT2D eigenvalue weighted by Gasteiger charge is 2.72. The number of aromatic nitrogens is 1. The number of rotatable bonds is 8. The van der Waals surface area contributed by atoms with Crippen molar-refractivity contribution in [1.82, 2.24) is 4.57 Å². The zero-order valence-electron chi connectivity index (χ0n) is 33.7. The van der Waals surface area contributed by atoms with Crippen molar-refractivity contribution in [3.8, 4) is 39.1 Å². The standard InChI is InChI=1S/C58H46N2/c1-2-10-38(11-3-1)39-18-20-40(21-19-39)41-22-28-47(29-23-41)59(49-32-26-46(27-33-49)58-36-44-34-43-35-45(37-58)57(58)56(43)44)48-30-24-42(25-31-48)50-12-4-7-15-53(50)60-54-16-8-5-13-51(54)52-14-6-9-17-55(52)60/h1-33,43-45,56-57H,34-37H2/t43?,44-,45-,56?,57?,58?/m0/s1. The first-order valence-corrected chi connectivity index (χ1v) is 22.0. The van der Waals surface area contributed by atoms with Gasteiger partial charge in [-0.05, 0) is 149 Å². The summed E-state index contributed by atoms with van der Waals surface area (Å²) in [5.41, 5.74) is 16.5. The molecule has 0 saturated heterocycles. The number of para-hydroxylation sites is 3. The van der Waals surface area contributed by atoms with E-state index < -0.39 is 0 Å². The Hall–Kier alpha value is -6.64. The second kappa shape index (κ2) is 13.2. The van der Waals surface area contributed by atoms with E-state index >= 15 is 0 Å². The van der Waals surface area contributed by atoms with E-state index in [-0.39, 0.29) is 0 Å². The van der Waals surface area contributed by atoms with Crippen LogP contribution >= 0.6 is 0 Å². The second-order valence-electron chi connectivity index (χ2n) is 18.2. The molecule has 4 fully saturated rings. The summed E-state index contributed by atoms with van der Waals surface area (Å²) in [5.74, 6) is 4.96. The maximum Gasteiger partial charge on any atom is 0.0541 e. The van der Waals surface area contributed by atoms with Crippen LogP contribution in [0.3, 0.4) is 0 Å². The van der Waals surface area contributed by atoms with Gasteiger partial charge in [0.15, 0.2) is 0 Å². The Morgan fingerprint density at radius 1 is 0.400 bits per heavy atom. The summed E-state index contributed by atoms with van der Waals surface area (Å²) in [6.07, 6.45) is 5.84. The molecule has 4 aliphatic carbocycles. The Bertz CT molecular complexity index is 3000. The van der Waals surface area contributed by atoms with Crippen molar-refractivity contribution in [2.45, 2.75) is 31.1 Å². The van der Waals surface area contributed by atoms with Gasteiger partial charge in [0.1, 0.15) is 0 Å². The maximum absolute atomic E-state index is 2.50. The molecule has 4 unspecified atom stereocenters. The molecule has 0 N–H and O–H groups in total. The summed E-state index contributed by atoms with van der Waals surface area (Å²) >= 11 is 0. The number of fused-ring (bicyclic) bond motifs is 3. The van der Waals surface area contributed by atoms with Crippen LogP contribution in [0, 0.1) is 29.6 Å². The third kappa shape index (κ3) is 5.07. The molecule has 0 amide bonds. The van der Waals surface area contributed by atoms with Gasteiger partial charge in [0.05, 0.1) is 16.7 Å². The summed E-state index contributed by atoms with van der Waals surface area (Å²) in [6, 6.07) is 74.2. The molecule has 8 aromatic carbocycles. The highest BCUT2D eigenvalue weighted by molar-refractivity contribution is 6.09. The van der Waals surface area contributed by atoms with E-state index in [2.05, 4.69) is 210 Å². The molecule has 4 aliphatic rings. The monoisotopic (exact) mass is 770 g/mol. The van der Waals surface area contributed by atoms with Crippen molar-refractivity contribution in [3.05, 3.63) is 206 Å². The summed E-state index contributed by atoms with van der Waals surface area (Å²) in [7, 11) is 0. The maximum atomic E-state index is 2.50. The summed E-state index contributed by atoms with van der Waals surface area (Å²) in [4.78, 5) is 2.44. The highest BCUT2D eigenvalue weighted by Crippen LogP contribution is 2.78. The van der Waals surface area contributed by atoms with Gasteiger partial charge < -0.3 is 9.47 Å². The van der Waals surface area contributed by atoms with Gasteiger partial charge in [-0.3, -0.25) is 0 Å². The Balaban J connectivity index is 0.870. The van der Waals surface area contributed by atoms with Crippen molar-refractivity contribution >= 4 is 38.9 Å². The van der Waals surface area contributed by atoms with Gasteiger partial charge in [0.25, 0.3) is 0 Å². The van der Waals surface area contributed by atoms with E-state index in [0.29, 0.717) is 5.41 Å². The van der Waals surface area contributed by atoms with E-state index in [1.54, 1.807) is 5.56 Å². The van der Waals surface area contributed by atoms with Gasteiger partial charge in [-0.1, -0.05) is 146 Å². The zero-order chi connectivity index (χ0) is 39.4. The Morgan fingerprint density at radius 2 is 0.867 bits per heavy atom. The quantitative estimate of drug-likeness (QED) is 0.149. The molecule has 13 rings (SSSR count). The summed E-state index contributed by atoms with van der Waals surface area (Å²) in [5, 5.41) is 2.55. The molecule has 0 radical (unpaired) electrons. The fraction of sp³-hybridized carbons (Fsp3) is 0.172. The van der Waals surface area contributed by atoms with Crippen LogP contribution in [0.25, 0.3) is 60.9 Å². The molecule has 1 heterocycles. The van der Waals surface area contributed by atoms with Gasteiger partial charge in [0, 0.05) is 33.4 Å². The minimum Gasteiger partial charge on any atom is -0.311 e. The highest BCUT2D eigenvalue weighted by atomic mass is 15.1. The van der Waals surface area contributed by atoms with Crippen LogP contribution in [0.5, 0.6) is 0 Å². The van der Waals surface area contributed by atoms with Crippen LogP contribution in [0.15, 0.2) is 200 Å². The number of anilines is 3.